The van der Waals surface area contributed by atoms with Crippen LogP contribution >= 0.6 is 15.9 Å². The van der Waals surface area contributed by atoms with Crippen LogP contribution in [0.25, 0.3) is 16.9 Å². The molecule has 0 spiro atoms. The van der Waals surface area contributed by atoms with Gasteiger partial charge in [-0.05, 0) is 54.8 Å². The summed E-state index contributed by atoms with van der Waals surface area (Å²) < 4.78 is 22.8. The number of nitrogens with zero attached hydrogens (tertiary/aromatic N) is 3. The molecule has 158 valence electrons. The normalized spacial score (nSPS) is 16.4. The lowest BCUT2D eigenvalue weighted by Gasteiger charge is -2.13. The van der Waals surface area contributed by atoms with E-state index in [9.17, 15) is 9.18 Å². The van der Waals surface area contributed by atoms with E-state index in [1.54, 1.807) is 18.5 Å². The minimum absolute atomic E-state index is 0.0167. The summed E-state index contributed by atoms with van der Waals surface area (Å²) in [5, 5.41) is 6.02. The minimum atomic E-state index is -0.578. The molecule has 30 heavy (non-hydrogen) atoms. The SMILES string of the molecule is CC(C)NC(=O)c1ccc(-c2cnc3c(NCC4CCCO4)nc(Br)cn23)cc1F. The molecular formula is C21H23BrFN5O2. The Balaban J connectivity index is 1.64. The standard InChI is InChI=1S/C21H23BrFN5O2/c1-12(2)26-21(29)15-6-5-13(8-16(15)23)17-10-25-20-19(27-18(22)11-28(17)20)24-9-14-4-3-7-30-14/h5-6,8,10-12,14H,3-4,7,9H2,1-2H3,(H,24,27)(H,26,29). The van der Waals surface area contributed by atoms with Gasteiger partial charge in [0.25, 0.3) is 5.91 Å². The first-order chi connectivity index (χ1) is 14.4. The molecule has 0 aliphatic carbocycles. The molecule has 1 aromatic carbocycles. The highest BCUT2D eigenvalue weighted by molar-refractivity contribution is 9.10. The Labute approximate surface area is 182 Å². The molecule has 7 nitrogen and oxygen atoms in total. The maximum absolute atomic E-state index is 14.7. The quantitative estimate of drug-likeness (QED) is 0.562. The predicted octanol–water partition coefficient (Wildman–Crippen LogP) is 4.03. The van der Waals surface area contributed by atoms with Gasteiger partial charge in [0.2, 0.25) is 0 Å². The molecular weight excluding hydrogens is 453 g/mol. The molecule has 1 atom stereocenters. The molecule has 1 aliphatic heterocycles. The van der Waals surface area contributed by atoms with Crippen LogP contribution in [-0.2, 0) is 4.74 Å². The number of hydrogen-bond acceptors (Lipinski definition) is 5. The largest absolute Gasteiger partial charge is 0.376 e. The van der Waals surface area contributed by atoms with Gasteiger partial charge in [-0.15, -0.1) is 0 Å². The first kappa shape index (κ1) is 20.7. The Morgan fingerprint density at radius 2 is 2.27 bits per heavy atom. The van der Waals surface area contributed by atoms with Crippen molar-refractivity contribution >= 4 is 33.3 Å². The van der Waals surface area contributed by atoms with Crippen LogP contribution in [0.1, 0.15) is 37.0 Å². The van der Waals surface area contributed by atoms with E-state index >= 15 is 0 Å². The van der Waals surface area contributed by atoms with Crippen LogP contribution in [0.15, 0.2) is 35.2 Å². The van der Waals surface area contributed by atoms with Crippen molar-refractivity contribution in [3.8, 4) is 11.3 Å². The van der Waals surface area contributed by atoms with E-state index in [1.165, 1.54) is 12.1 Å². The number of nitrogens with one attached hydrogen (secondary N) is 2. The van der Waals surface area contributed by atoms with Crippen LogP contribution < -0.4 is 10.6 Å². The van der Waals surface area contributed by atoms with E-state index in [1.807, 2.05) is 18.2 Å². The molecule has 0 saturated carbocycles. The fourth-order valence-corrected chi connectivity index (χ4v) is 3.89. The zero-order valence-electron chi connectivity index (χ0n) is 16.8. The van der Waals surface area contributed by atoms with Gasteiger partial charge in [0.1, 0.15) is 10.4 Å². The van der Waals surface area contributed by atoms with Gasteiger partial charge in [0, 0.05) is 31.0 Å². The van der Waals surface area contributed by atoms with E-state index in [0.717, 1.165) is 19.4 Å². The second-order valence-electron chi connectivity index (χ2n) is 7.59. The number of rotatable bonds is 6. The van der Waals surface area contributed by atoms with Gasteiger partial charge < -0.3 is 15.4 Å². The second-order valence-corrected chi connectivity index (χ2v) is 8.40. The lowest BCUT2D eigenvalue weighted by Crippen LogP contribution is -2.30. The van der Waals surface area contributed by atoms with Crippen molar-refractivity contribution < 1.29 is 13.9 Å². The summed E-state index contributed by atoms with van der Waals surface area (Å²) in [6.45, 7) is 5.10. The van der Waals surface area contributed by atoms with E-state index < -0.39 is 11.7 Å². The Bertz CT molecular complexity index is 1080. The zero-order chi connectivity index (χ0) is 21.3. The smallest absolute Gasteiger partial charge is 0.254 e. The average Bonchev–Trinajstić information content (AvgIpc) is 3.35. The molecule has 4 rings (SSSR count). The zero-order valence-corrected chi connectivity index (χ0v) is 18.4. The number of aromatic nitrogens is 3. The van der Waals surface area contributed by atoms with Crippen molar-refractivity contribution in [2.24, 2.45) is 0 Å². The maximum atomic E-state index is 14.7. The summed E-state index contributed by atoms with van der Waals surface area (Å²) in [4.78, 5) is 21.1. The molecule has 1 fully saturated rings. The first-order valence-corrected chi connectivity index (χ1v) is 10.7. The Morgan fingerprint density at radius 3 is 2.97 bits per heavy atom. The summed E-state index contributed by atoms with van der Waals surface area (Å²) in [5.74, 6) is -0.385. The van der Waals surface area contributed by atoms with E-state index in [0.29, 0.717) is 33.9 Å². The third-order valence-electron chi connectivity index (χ3n) is 4.91. The highest BCUT2D eigenvalue weighted by Crippen LogP contribution is 2.27. The summed E-state index contributed by atoms with van der Waals surface area (Å²) in [7, 11) is 0. The molecule has 0 radical (unpaired) electrons. The molecule has 1 aliphatic rings. The number of carbonyl (C=O) groups excluding carboxylic acids is 1. The lowest BCUT2D eigenvalue weighted by atomic mass is 10.1. The number of fused-ring (bicyclic) bond motifs is 1. The van der Waals surface area contributed by atoms with Gasteiger partial charge in [-0.3, -0.25) is 9.20 Å². The molecule has 3 aromatic rings. The van der Waals surface area contributed by atoms with Gasteiger partial charge in [-0.1, -0.05) is 6.07 Å². The van der Waals surface area contributed by atoms with Gasteiger partial charge in [0.05, 0.1) is 23.6 Å². The predicted molar refractivity (Wildman–Crippen MR) is 116 cm³/mol. The van der Waals surface area contributed by atoms with Crippen LogP contribution in [0.2, 0.25) is 0 Å². The number of imidazole rings is 1. The van der Waals surface area contributed by atoms with Gasteiger partial charge >= 0.3 is 0 Å². The molecule has 3 heterocycles. The fraction of sp³-hybridized carbons (Fsp3) is 0.381. The highest BCUT2D eigenvalue weighted by atomic mass is 79.9. The summed E-state index contributed by atoms with van der Waals surface area (Å²) in [6, 6.07) is 4.50. The Hall–Kier alpha value is -2.52. The van der Waals surface area contributed by atoms with Crippen molar-refractivity contribution in [3.63, 3.8) is 0 Å². The first-order valence-electron chi connectivity index (χ1n) is 9.92. The average molecular weight is 476 g/mol. The Kier molecular flexibility index (Phi) is 6.01. The number of carbonyl (C=O) groups is 1. The second kappa shape index (κ2) is 8.69. The minimum Gasteiger partial charge on any atom is -0.376 e. The molecule has 1 saturated heterocycles. The van der Waals surface area contributed by atoms with Gasteiger partial charge in [0.15, 0.2) is 11.5 Å². The maximum Gasteiger partial charge on any atom is 0.254 e. The molecule has 9 heteroatoms. The van der Waals surface area contributed by atoms with Crippen LogP contribution in [0.4, 0.5) is 10.2 Å². The molecule has 2 N–H and O–H groups in total. The van der Waals surface area contributed by atoms with Crippen molar-refractivity contribution in [2.75, 3.05) is 18.5 Å². The monoisotopic (exact) mass is 475 g/mol. The number of anilines is 1. The summed E-state index contributed by atoms with van der Waals surface area (Å²) in [5.41, 5.74) is 1.96. The molecule has 1 amide bonds. The number of ether oxygens (including phenoxy) is 1. The topological polar surface area (TPSA) is 80.5 Å². The van der Waals surface area contributed by atoms with E-state index in [4.69, 9.17) is 4.74 Å². The third kappa shape index (κ3) is 4.32. The van der Waals surface area contributed by atoms with Gasteiger partial charge in [-0.2, -0.15) is 0 Å². The van der Waals surface area contributed by atoms with Crippen LogP contribution in [-0.4, -0.2) is 45.6 Å². The summed E-state index contributed by atoms with van der Waals surface area (Å²) >= 11 is 3.44. The molecule has 2 aromatic heterocycles. The van der Waals surface area contributed by atoms with Crippen LogP contribution in [0.5, 0.6) is 0 Å². The third-order valence-corrected chi connectivity index (χ3v) is 5.30. The lowest BCUT2D eigenvalue weighted by molar-refractivity contribution is 0.0939. The molecule has 1 unspecified atom stereocenters. The van der Waals surface area contributed by atoms with Gasteiger partial charge in [-0.25, -0.2) is 14.4 Å². The number of hydrogen-bond donors (Lipinski definition) is 2. The highest BCUT2D eigenvalue weighted by Gasteiger charge is 2.19. The van der Waals surface area contributed by atoms with Crippen molar-refractivity contribution in [3.05, 3.63) is 46.6 Å². The van der Waals surface area contributed by atoms with E-state index in [-0.39, 0.29) is 17.7 Å². The number of halogens is 2. The van der Waals surface area contributed by atoms with Crippen LogP contribution in [0, 0.1) is 5.82 Å². The molecule has 0 bridgehead atoms. The number of amides is 1. The van der Waals surface area contributed by atoms with Crippen molar-refractivity contribution in [2.45, 2.75) is 38.8 Å². The van der Waals surface area contributed by atoms with E-state index in [2.05, 4.69) is 36.5 Å². The van der Waals surface area contributed by atoms with Crippen molar-refractivity contribution in [1.82, 2.24) is 19.7 Å². The fourth-order valence-electron chi connectivity index (χ4n) is 3.51. The van der Waals surface area contributed by atoms with Crippen LogP contribution in [0.3, 0.4) is 0 Å². The summed E-state index contributed by atoms with van der Waals surface area (Å²) in [6.07, 6.45) is 5.71. The number of benzene rings is 1. The Morgan fingerprint density at radius 1 is 1.43 bits per heavy atom. The van der Waals surface area contributed by atoms with Crippen molar-refractivity contribution in [1.29, 1.82) is 0 Å².